The maximum Gasteiger partial charge on any atom is 0.326 e. The summed E-state index contributed by atoms with van der Waals surface area (Å²) in [4.78, 5) is 17.4. The summed E-state index contributed by atoms with van der Waals surface area (Å²) in [6.45, 7) is 2.82. The van der Waals surface area contributed by atoms with Crippen LogP contribution in [-0.4, -0.2) is 51.8 Å². The summed E-state index contributed by atoms with van der Waals surface area (Å²) in [7, 11) is 2.15. The van der Waals surface area contributed by atoms with Crippen LogP contribution in [0.15, 0.2) is 23.0 Å². The van der Waals surface area contributed by atoms with Gasteiger partial charge in [-0.25, -0.2) is 4.79 Å². The van der Waals surface area contributed by atoms with Crippen molar-refractivity contribution in [3.05, 3.63) is 34.2 Å². The number of piperidine rings is 1. The number of hydrogen-bond donors (Lipinski definition) is 3. The molecule has 0 aliphatic carbocycles. The molecule has 0 spiro atoms. The Morgan fingerprint density at radius 1 is 1.22 bits per heavy atom. The Balaban J connectivity index is 1.62. The van der Waals surface area contributed by atoms with Crippen molar-refractivity contribution in [2.45, 2.75) is 44.0 Å². The number of aromatic amines is 1. The summed E-state index contributed by atoms with van der Waals surface area (Å²) in [6.07, 6.45) is 2.39. The number of nitrogens with one attached hydrogen (secondary N) is 2. The molecule has 2 aliphatic heterocycles. The van der Waals surface area contributed by atoms with E-state index in [2.05, 4.69) is 22.2 Å². The molecule has 1 fully saturated rings. The quantitative estimate of drug-likeness (QED) is 0.767. The van der Waals surface area contributed by atoms with E-state index >= 15 is 0 Å². The fourth-order valence-corrected chi connectivity index (χ4v) is 4.00. The van der Waals surface area contributed by atoms with Crippen molar-refractivity contribution in [1.82, 2.24) is 19.8 Å². The van der Waals surface area contributed by atoms with Crippen molar-refractivity contribution in [2.75, 3.05) is 20.1 Å². The van der Waals surface area contributed by atoms with Gasteiger partial charge in [0.2, 0.25) is 0 Å². The van der Waals surface area contributed by atoms with E-state index in [4.69, 9.17) is 0 Å². The molecule has 1 aromatic carbocycles. The lowest BCUT2D eigenvalue weighted by Gasteiger charge is -2.34. The Morgan fingerprint density at radius 3 is 2.78 bits per heavy atom. The highest BCUT2D eigenvalue weighted by atomic mass is 16.3. The Bertz CT molecular complexity index is 758. The molecule has 0 amide bonds. The average Bonchev–Trinajstić information content (AvgIpc) is 2.80. The van der Waals surface area contributed by atoms with Crippen LogP contribution in [0.4, 0.5) is 0 Å². The highest BCUT2D eigenvalue weighted by molar-refractivity contribution is 5.79. The van der Waals surface area contributed by atoms with Crippen molar-refractivity contribution in [2.24, 2.45) is 0 Å². The number of imidazole rings is 1. The standard InChI is InChI=1S/C17H24N4O2/c1-20-8-5-11(6-9-20)18-14-7-10-21-15-12(16(14)22)3-2-4-13(15)19-17(21)23/h2-4,11,14,16,18,22H,5-10H2,1H3,(H,19,23)/t14-,16-/m1/s1. The first-order valence-electron chi connectivity index (χ1n) is 8.47. The van der Waals surface area contributed by atoms with Crippen molar-refractivity contribution >= 4 is 11.0 Å². The number of aliphatic hydroxyl groups is 1. The fourth-order valence-electron chi connectivity index (χ4n) is 4.00. The molecule has 2 atom stereocenters. The van der Waals surface area contributed by atoms with Crippen LogP contribution in [0.1, 0.15) is 30.9 Å². The third-order valence-electron chi connectivity index (χ3n) is 5.36. The third-order valence-corrected chi connectivity index (χ3v) is 5.36. The van der Waals surface area contributed by atoms with Gasteiger partial charge in [-0.1, -0.05) is 12.1 Å². The lowest BCUT2D eigenvalue weighted by Crippen LogP contribution is -2.47. The molecular formula is C17H24N4O2. The number of aromatic nitrogens is 2. The molecule has 0 saturated carbocycles. The molecule has 2 aromatic rings. The molecule has 0 bridgehead atoms. The molecule has 1 aromatic heterocycles. The molecule has 4 rings (SSSR count). The molecule has 2 aliphatic rings. The summed E-state index contributed by atoms with van der Waals surface area (Å²) in [5, 5.41) is 14.6. The maximum atomic E-state index is 12.1. The monoisotopic (exact) mass is 316 g/mol. The number of para-hydroxylation sites is 1. The van der Waals surface area contributed by atoms with Gasteiger partial charge in [-0.15, -0.1) is 0 Å². The van der Waals surface area contributed by atoms with E-state index in [1.54, 1.807) is 4.57 Å². The van der Waals surface area contributed by atoms with Crippen molar-refractivity contribution in [1.29, 1.82) is 0 Å². The van der Waals surface area contributed by atoms with Crippen LogP contribution in [0.5, 0.6) is 0 Å². The van der Waals surface area contributed by atoms with Crippen molar-refractivity contribution in [3.8, 4) is 0 Å². The minimum Gasteiger partial charge on any atom is -0.387 e. The molecule has 1 saturated heterocycles. The van der Waals surface area contributed by atoms with E-state index in [1.165, 1.54) is 0 Å². The maximum absolute atomic E-state index is 12.1. The van der Waals surface area contributed by atoms with Crippen LogP contribution >= 0.6 is 0 Å². The summed E-state index contributed by atoms with van der Waals surface area (Å²) >= 11 is 0. The summed E-state index contributed by atoms with van der Waals surface area (Å²) in [6, 6.07) is 6.17. The Hall–Kier alpha value is -1.63. The van der Waals surface area contributed by atoms with E-state index in [-0.39, 0.29) is 11.7 Å². The largest absolute Gasteiger partial charge is 0.387 e. The zero-order chi connectivity index (χ0) is 16.0. The summed E-state index contributed by atoms with van der Waals surface area (Å²) in [5.41, 5.74) is 2.44. The van der Waals surface area contributed by atoms with Gasteiger partial charge < -0.3 is 20.3 Å². The molecule has 0 radical (unpaired) electrons. The molecule has 0 unspecified atom stereocenters. The van der Waals surface area contributed by atoms with Gasteiger partial charge in [0.25, 0.3) is 0 Å². The number of hydrogen-bond acceptors (Lipinski definition) is 4. The number of H-pyrrole nitrogens is 1. The van der Waals surface area contributed by atoms with Gasteiger partial charge in [0.05, 0.1) is 17.1 Å². The second-order valence-corrected chi connectivity index (χ2v) is 6.91. The molecule has 3 heterocycles. The first-order valence-corrected chi connectivity index (χ1v) is 8.47. The lowest BCUT2D eigenvalue weighted by molar-refractivity contribution is 0.108. The molecule has 23 heavy (non-hydrogen) atoms. The minimum atomic E-state index is -0.581. The van der Waals surface area contributed by atoms with Gasteiger partial charge in [-0.2, -0.15) is 0 Å². The number of likely N-dealkylation sites (tertiary alicyclic amines) is 1. The van der Waals surface area contributed by atoms with Gasteiger partial charge in [0, 0.05) is 24.2 Å². The van der Waals surface area contributed by atoms with Crippen LogP contribution in [0, 0.1) is 0 Å². The average molecular weight is 316 g/mol. The van der Waals surface area contributed by atoms with E-state index < -0.39 is 6.10 Å². The van der Waals surface area contributed by atoms with Crippen molar-refractivity contribution in [3.63, 3.8) is 0 Å². The Morgan fingerprint density at radius 2 is 2.00 bits per heavy atom. The van der Waals surface area contributed by atoms with Crippen molar-refractivity contribution < 1.29 is 5.11 Å². The Labute approximate surface area is 135 Å². The molecule has 3 N–H and O–H groups in total. The topological polar surface area (TPSA) is 73.3 Å². The zero-order valence-electron chi connectivity index (χ0n) is 13.5. The van der Waals surface area contributed by atoms with Gasteiger partial charge in [-0.3, -0.25) is 4.57 Å². The van der Waals surface area contributed by atoms with E-state index in [1.807, 2.05) is 18.2 Å². The SMILES string of the molecule is CN1CCC(N[C@@H]2CCn3c(=O)[nH]c4cccc(c43)[C@H]2O)CC1. The van der Waals surface area contributed by atoms with Crippen LogP contribution in [-0.2, 0) is 6.54 Å². The third kappa shape index (κ3) is 2.60. The second-order valence-electron chi connectivity index (χ2n) is 6.91. The highest BCUT2D eigenvalue weighted by Crippen LogP contribution is 2.30. The highest BCUT2D eigenvalue weighted by Gasteiger charge is 2.30. The number of aryl methyl sites for hydroxylation is 1. The van der Waals surface area contributed by atoms with Crippen LogP contribution in [0.2, 0.25) is 0 Å². The van der Waals surface area contributed by atoms with Gasteiger partial charge >= 0.3 is 5.69 Å². The van der Waals surface area contributed by atoms with E-state index in [0.717, 1.165) is 48.9 Å². The van der Waals surface area contributed by atoms with Gasteiger partial charge in [0.1, 0.15) is 0 Å². The first kappa shape index (κ1) is 14.9. The molecule has 124 valence electrons. The minimum absolute atomic E-state index is 0.00620. The number of aliphatic hydroxyl groups excluding tert-OH is 1. The predicted octanol–water partition coefficient (Wildman–Crippen LogP) is 0.819. The summed E-state index contributed by atoms with van der Waals surface area (Å²) < 4.78 is 1.77. The number of benzene rings is 1. The van der Waals surface area contributed by atoms with Crippen LogP contribution in [0.25, 0.3) is 11.0 Å². The van der Waals surface area contributed by atoms with E-state index in [0.29, 0.717) is 12.6 Å². The molecular weight excluding hydrogens is 292 g/mol. The van der Waals surface area contributed by atoms with Gasteiger partial charge in [0.15, 0.2) is 0 Å². The molecule has 6 heteroatoms. The molecule has 6 nitrogen and oxygen atoms in total. The summed E-state index contributed by atoms with van der Waals surface area (Å²) in [5.74, 6) is 0. The Kier molecular flexibility index (Phi) is 3.75. The fraction of sp³-hybridized carbons (Fsp3) is 0.588. The second kappa shape index (κ2) is 5.78. The predicted molar refractivity (Wildman–Crippen MR) is 89.6 cm³/mol. The van der Waals surface area contributed by atoms with Gasteiger partial charge in [-0.05, 0) is 45.5 Å². The van der Waals surface area contributed by atoms with Crippen LogP contribution < -0.4 is 11.0 Å². The zero-order valence-corrected chi connectivity index (χ0v) is 13.5. The number of rotatable bonds is 2. The first-order chi connectivity index (χ1) is 11.1. The lowest BCUT2D eigenvalue weighted by atomic mass is 9.97. The number of nitrogens with zero attached hydrogens (tertiary/aromatic N) is 2. The smallest absolute Gasteiger partial charge is 0.326 e. The normalized spacial score (nSPS) is 26.5. The van der Waals surface area contributed by atoms with Crippen LogP contribution in [0.3, 0.4) is 0 Å². The van der Waals surface area contributed by atoms with E-state index in [9.17, 15) is 9.90 Å².